The van der Waals surface area contributed by atoms with Crippen LogP contribution in [0.25, 0.3) is 0 Å². The van der Waals surface area contributed by atoms with Crippen molar-refractivity contribution in [2.24, 2.45) is 0 Å². The summed E-state index contributed by atoms with van der Waals surface area (Å²) in [5, 5.41) is 2.52. The van der Waals surface area contributed by atoms with Crippen LogP contribution < -0.4 is 9.62 Å². The third-order valence-electron chi connectivity index (χ3n) is 4.98. The molecule has 0 aliphatic heterocycles. The first-order valence-electron chi connectivity index (χ1n) is 9.99. The highest BCUT2D eigenvalue weighted by Crippen LogP contribution is 2.21. The van der Waals surface area contributed by atoms with Gasteiger partial charge in [0.1, 0.15) is 18.4 Å². The van der Waals surface area contributed by atoms with E-state index in [4.69, 9.17) is 0 Å². The molecular formula is C22H29FN4O4S. The minimum absolute atomic E-state index is 0.119. The Bertz CT molecular complexity index is 1060. The number of rotatable bonds is 9. The number of amides is 2. The molecular weight excluding hydrogens is 435 g/mol. The summed E-state index contributed by atoms with van der Waals surface area (Å²) >= 11 is 0. The lowest BCUT2D eigenvalue weighted by molar-refractivity contribution is -0.139. The molecule has 2 amide bonds. The highest BCUT2D eigenvalue weighted by atomic mass is 32.2. The average molecular weight is 465 g/mol. The molecule has 2 aromatic rings. The van der Waals surface area contributed by atoms with Gasteiger partial charge in [-0.2, -0.15) is 12.7 Å². The zero-order valence-electron chi connectivity index (χ0n) is 18.9. The van der Waals surface area contributed by atoms with E-state index < -0.39 is 34.5 Å². The van der Waals surface area contributed by atoms with Gasteiger partial charge in [0.05, 0.1) is 5.69 Å². The van der Waals surface area contributed by atoms with Crippen molar-refractivity contribution in [3.8, 4) is 0 Å². The number of nitrogens with one attached hydrogen (secondary N) is 1. The van der Waals surface area contributed by atoms with Gasteiger partial charge in [-0.15, -0.1) is 0 Å². The van der Waals surface area contributed by atoms with Crippen LogP contribution in [0.15, 0.2) is 48.5 Å². The number of carbonyl (C=O) groups is 2. The Morgan fingerprint density at radius 2 is 1.72 bits per heavy atom. The Morgan fingerprint density at radius 1 is 1.09 bits per heavy atom. The zero-order valence-corrected chi connectivity index (χ0v) is 19.7. The largest absolute Gasteiger partial charge is 0.357 e. The molecule has 0 aliphatic carbocycles. The molecule has 0 spiro atoms. The van der Waals surface area contributed by atoms with Crippen molar-refractivity contribution < 1.29 is 22.4 Å². The molecule has 0 heterocycles. The highest BCUT2D eigenvalue weighted by molar-refractivity contribution is 7.90. The molecule has 0 aromatic heterocycles. The van der Waals surface area contributed by atoms with Gasteiger partial charge in [-0.25, -0.2) is 8.70 Å². The van der Waals surface area contributed by atoms with E-state index >= 15 is 0 Å². The molecule has 1 atom stereocenters. The number of hydrogen-bond acceptors (Lipinski definition) is 4. The van der Waals surface area contributed by atoms with Gasteiger partial charge in [0.2, 0.25) is 11.8 Å². The number of hydrogen-bond donors (Lipinski definition) is 1. The summed E-state index contributed by atoms with van der Waals surface area (Å²) in [5.74, 6) is -1.48. The van der Waals surface area contributed by atoms with Crippen LogP contribution in [-0.2, 0) is 26.3 Å². The zero-order chi connectivity index (χ0) is 24.1. The van der Waals surface area contributed by atoms with Crippen molar-refractivity contribution >= 4 is 27.7 Å². The SMILES string of the molecule is CNC(=O)C(C)N(Cc1cccc(C)c1)C(=O)CN(c1ccc(F)cc1)S(=O)(=O)N(C)C. The third-order valence-corrected chi connectivity index (χ3v) is 6.80. The lowest BCUT2D eigenvalue weighted by atomic mass is 10.1. The molecule has 2 rings (SSSR count). The smallest absolute Gasteiger partial charge is 0.304 e. The van der Waals surface area contributed by atoms with E-state index in [1.807, 2.05) is 31.2 Å². The highest BCUT2D eigenvalue weighted by Gasteiger charge is 2.32. The van der Waals surface area contributed by atoms with Gasteiger partial charge in [-0.1, -0.05) is 29.8 Å². The second-order valence-electron chi connectivity index (χ2n) is 7.57. The van der Waals surface area contributed by atoms with Gasteiger partial charge in [0.15, 0.2) is 0 Å². The summed E-state index contributed by atoms with van der Waals surface area (Å²) in [7, 11) is 0.0819. The molecule has 1 unspecified atom stereocenters. The Morgan fingerprint density at radius 3 is 2.25 bits per heavy atom. The monoisotopic (exact) mass is 464 g/mol. The first-order chi connectivity index (χ1) is 15.0. The molecule has 2 aromatic carbocycles. The number of nitrogens with zero attached hydrogens (tertiary/aromatic N) is 3. The molecule has 0 radical (unpaired) electrons. The van der Waals surface area contributed by atoms with Crippen molar-refractivity contribution in [3.05, 3.63) is 65.5 Å². The number of carbonyl (C=O) groups excluding carboxylic acids is 2. The summed E-state index contributed by atoms with van der Waals surface area (Å²) in [4.78, 5) is 27.0. The Kier molecular flexibility index (Phi) is 8.34. The van der Waals surface area contributed by atoms with E-state index in [2.05, 4.69) is 5.32 Å². The van der Waals surface area contributed by atoms with Crippen LogP contribution in [0.2, 0.25) is 0 Å². The van der Waals surface area contributed by atoms with Gasteiger partial charge < -0.3 is 10.2 Å². The number of anilines is 1. The van der Waals surface area contributed by atoms with E-state index in [1.165, 1.54) is 38.2 Å². The standard InChI is InChI=1S/C22H29FN4O4S/c1-16-7-6-8-18(13-16)14-26(17(2)22(29)24-3)21(28)15-27(32(30,31)25(4)5)20-11-9-19(23)10-12-20/h6-13,17H,14-15H2,1-5H3,(H,24,29). The fourth-order valence-corrected chi connectivity index (χ4v) is 4.18. The average Bonchev–Trinajstić information content (AvgIpc) is 2.75. The van der Waals surface area contributed by atoms with Crippen molar-refractivity contribution in [1.82, 2.24) is 14.5 Å². The normalized spacial score (nSPS) is 12.3. The quantitative estimate of drug-likeness (QED) is 0.614. The van der Waals surface area contributed by atoms with Crippen molar-refractivity contribution in [2.45, 2.75) is 26.4 Å². The van der Waals surface area contributed by atoms with E-state index in [1.54, 1.807) is 6.92 Å². The number of halogens is 1. The molecule has 1 N–H and O–H groups in total. The van der Waals surface area contributed by atoms with E-state index in [0.717, 1.165) is 31.9 Å². The topological polar surface area (TPSA) is 90.0 Å². The predicted molar refractivity (Wildman–Crippen MR) is 122 cm³/mol. The maximum Gasteiger partial charge on any atom is 0.304 e. The molecule has 32 heavy (non-hydrogen) atoms. The molecule has 0 saturated carbocycles. The second kappa shape index (κ2) is 10.6. The Hall–Kier alpha value is -2.98. The molecule has 0 saturated heterocycles. The number of likely N-dealkylation sites (N-methyl/N-ethyl adjacent to an activating group) is 1. The molecule has 0 fully saturated rings. The first-order valence-corrected chi connectivity index (χ1v) is 11.4. The molecule has 10 heteroatoms. The molecule has 0 bridgehead atoms. The first kappa shape index (κ1) is 25.3. The van der Waals surface area contributed by atoms with E-state index in [9.17, 15) is 22.4 Å². The number of benzene rings is 2. The third kappa shape index (κ3) is 6.04. The summed E-state index contributed by atoms with van der Waals surface area (Å²) in [6.45, 7) is 3.06. The Balaban J connectivity index is 2.44. The lowest BCUT2D eigenvalue weighted by Gasteiger charge is -2.32. The van der Waals surface area contributed by atoms with Gasteiger partial charge in [0, 0.05) is 27.7 Å². The van der Waals surface area contributed by atoms with Crippen molar-refractivity contribution in [3.63, 3.8) is 0 Å². The maximum atomic E-state index is 13.4. The van der Waals surface area contributed by atoms with Crippen LogP contribution in [0.4, 0.5) is 10.1 Å². The molecule has 0 aliphatic rings. The second-order valence-corrected chi connectivity index (χ2v) is 9.64. The summed E-state index contributed by atoms with van der Waals surface area (Å²) in [5.41, 5.74) is 1.93. The Labute approximate surface area is 188 Å². The van der Waals surface area contributed by atoms with Crippen LogP contribution in [0, 0.1) is 12.7 Å². The fraction of sp³-hybridized carbons (Fsp3) is 0.364. The van der Waals surface area contributed by atoms with Gasteiger partial charge in [-0.05, 0) is 43.7 Å². The summed E-state index contributed by atoms with van der Waals surface area (Å²) in [6, 6.07) is 11.5. The van der Waals surface area contributed by atoms with Crippen molar-refractivity contribution in [2.75, 3.05) is 32.0 Å². The van der Waals surface area contributed by atoms with Gasteiger partial charge in [-0.3, -0.25) is 9.59 Å². The minimum atomic E-state index is -4.07. The van der Waals surface area contributed by atoms with Crippen LogP contribution >= 0.6 is 0 Å². The molecule has 8 nitrogen and oxygen atoms in total. The minimum Gasteiger partial charge on any atom is -0.357 e. The summed E-state index contributed by atoms with van der Waals surface area (Å²) in [6.07, 6.45) is 0. The van der Waals surface area contributed by atoms with Crippen LogP contribution in [0.5, 0.6) is 0 Å². The lowest BCUT2D eigenvalue weighted by Crippen LogP contribution is -2.52. The van der Waals surface area contributed by atoms with Gasteiger partial charge >= 0.3 is 10.2 Å². The van der Waals surface area contributed by atoms with Gasteiger partial charge in [0.25, 0.3) is 0 Å². The molecule has 174 valence electrons. The number of aryl methyl sites for hydroxylation is 1. The maximum absolute atomic E-state index is 13.4. The van der Waals surface area contributed by atoms with E-state index in [0.29, 0.717) is 0 Å². The van der Waals surface area contributed by atoms with E-state index in [-0.39, 0.29) is 18.1 Å². The summed E-state index contributed by atoms with van der Waals surface area (Å²) < 4.78 is 41.2. The van der Waals surface area contributed by atoms with Crippen LogP contribution in [-0.4, -0.2) is 63.2 Å². The van der Waals surface area contributed by atoms with Crippen LogP contribution in [0.1, 0.15) is 18.1 Å². The fourth-order valence-electron chi connectivity index (χ4n) is 3.12. The van der Waals surface area contributed by atoms with Crippen LogP contribution in [0.3, 0.4) is 0 Å². The van der Waals surface area contributed by atoms with Crippen molar-refractivity contribution in [1.29, 1.82) is 0 Å². The predicted octanol–water partition coefficient (Wildman–Crippen LogP) is 1.91.